The van der Waals surface area contributed by atoms with Crippen molar-refractivity contribution in [2.75, 3.05) is 11.1 Å². The van der Waals surface area contributed by atoms with E-state index in [1.807, 2.05) is 30.3 Å². The number of hydrogen-bond donors (Lipinski definition) is 2. The number of fused-ring (bicyclic) bond motifs is 1. The molecule has 1 aliphatic rings. The molecule has 3 N–H and O–H groups in total. The summed E-state index contributed by atoms with van der Waals surface area (Å²) < 4.78 is 0. The minimum absolute atomic E-state index is 0.0879. The maximum absolute atomic E-state index is 12.3. The molecule has 4 nitrogen and oxygen atoms in total. The summed E-state index contributed by atoms with van der Waals surface area (Å²) in [5.41, 5.74) is 8.34. The maximum atomic E-state index is 12.3. The first-order chi connectivity index (χ1) is 12.0. The van der Waals surface area contributed by atoms with Crippen LogP contribution in [0, 0.1) is 5.92 Å². The van der Waals surface area contributed by atoms with Crippen LogP contribution < -0.4 is 11.1 Å². The minimum atomic E-state index is -0.445. The number of nitrogens with two attached hydrogens (primary N) is 1. The van der Waals surface area contributed by atoms with Crippen LogP contribution in [0.3, 0.4) is 0 Å². The molecular formula is C19H22N2O2S2. The van der Waals surface area contributed by atoms with Crippen LogP contribution in [0.2, 0.25) is 0 Å². The van der Waals surface area contributed by atoms with Gasteiger partial charge in [0.2, 0.25) is 5.91 Å². The Bertz CT molecular complexity index is 771. The van der Waals surface area contributed by atoms with Gasteiger partial charge in [0.15, 0.2) is 0 Å². The predicted molar refractivity (Wildman–Crippen MR) is 105 cm³/mol. The summed E-state index contributed by atoms with van der Waals surface area (Å²) in [6, 6.07) is 10.1. The number of rotatable bonds is 6. The van der Waals surface area contributed by atoms with Gasteiger partial charge in [-0.05, 0) is 36.3 Å². The number of amides is 2. The van der Waals surface area contributed by atoms with Crippen molar-refractivity contribution in [3.8, 4) is 0 Å². The van der Waals surface area contributed by atoms with Crippen molar-refractivity contribution < 1.29 is 9.59 Å². The van der Waals surface area contributed by atoms with E-state index < -0.39 is 5.91 Å². The molecule has 1 aromatic heterocycles. The van der Waals surface area contributed by atoms with Crippen molar-refractivity contribution in [3.05, 3.63) is 51.9 Å². The second kappa shape index (κ2) is 8.06. The Morgan fingerprint density at radius 1 is 1.32 bits per heavy atom. The fourth-order valence-electron chi connectivity index (χ4n) is 3.10. The summed E-state index contributed by atoms with van der Waals surface area (Å²) in [7, 11) is 0. The predicted octanol–water partition coefficient (Wildman–Crippen LogP) is 3.84. The summed E-state index contributed by atoms with van der Waals surface area (Å²) in [6.07, 6.45) is 2.88. The zero-order chi connectivity index (χ0) is 17.8. The Labute approximate surface area is 156 Å². The molecular weight excluding hydrogens is 352 g/mol. The molecule has 6 heteroatoms. The van der Waals surface area contributed by atoms with Crippen LogP contribution in [0.1, 0.15) is 39.7 Å². The Balaban J connectivity index is 1.64. The first-order valence-electron chi connectivity index (χ1n) is 8.40. The highest BCUT2D eigenvalue weighted by molar-refractivity contribution is 7.99. The number of thioether (sulfide) groups is 1. The Hall–Kier alpha value is -1.79. The largest absolute Gasteiger partial charge is 0.365 e. The van der Waals surface area contributed by atoms with Gasteiger partial charge in [-0.25, -0.2) is 0 Å². The number of anilines is 1. The van der Waals surface area contributed by atoms with E-state index in [4.69, 9.17) is 5.73 Å². The van der Waals surface area contributed by atoms with Crippen LogP contribution >= 0.6 is 23.1 Å². The molecule has 1 aromatic carbocycles. The van der Waals surface area contributed by atoms with E-state index in [0.717, 1.165) is 30.6 Å². The molecule has 3 rings (SSSR count). The van der Waals surface area contributed by atoms with Crippen molar-refractivity contribution in [1.82, 2.24) is 0 Å². The van der Waals surface area contributed by atoms with Crippen molar-refractivity contribution in [2.24, 2.45) is 11.7 Å². The van der Waals surface area contributed by atoms with Gasteiger partial charge in [0.1, 0.15) is 5.00 Å². The third-order valence-corrected chi connectivity index (χ3v) is 6.53. The molecule has 1 atom stereocenters. The molecule has 2 amide bonds. The van der Waals surface area contributed by atoms with Gasteiger partial charge >= 0.3 is 0 Å². The molecule has 0 aliphatic heterocycles. The molecule has 1 aliphatic carbocycles. The van der Waals surface area contributed by atoms with Crippen LogP contribution in [0.4, 0.5) is 5.00 Å². The Kier molecular flexibility index (Phi) is 5.81. The second-order valence-corrected chi connectivity index (χ2v) is 8.54. The number of primary amides is 1. The van der Waals surface area contributed by atoms with E-state index in [1.54, 1.807) is 11.8 Å². The smallest absolute Gasteiger partial charge is 0.251 e. The lowest BCUT2D eigenvalue weighted by Crippen LogP contribution is -2.20. The quantitative estimate of drug-likeness (QED) is 0.807. The maximum Gasteiger partial charge on any atom is 0.251 e. The van der Waals surface area contributed by atoms with Crippen LogP contribution in [0.25, 0.3) is 0 Å². The molecule has 0 bridgehead atoms. The lowest BCUT2D eigenvalue weighted by molar-refractivity contribution is -0.113. The monoisotopic (exact) mass is 374 g/mol. The lowest BCUT2D eigenvalue weighted by atomic mass is 9.88. The van der Waals surface area contributed by atoms with Crippen molar-refractivity contribution in [1.29, 1.82) is 0 Å². The van der Waals surface area contributed by atoms with E-state index in [-0.39, 0.29) is 5.91 Å². The number of nitrogens with one attached hydrogen (secondary N) is 1. The van der Waals surface area contributed by atoms with Crippen LogP contribution in [-0.4, -0.2) is 17.6 Å². The van der Waals surface area contributed by atoms with Crippen LogP contribution in [0.5, 0.6) is 0 Å². The summed E-state index contributed by atoms with van der Waals surface area (Å²) in [4.78, 5) is 25.4. The second-order valence-electron chi connectivity index (χ2n) is 6.45. The standard InChI is InChI=1S/C19H22N2O2S2/c1-12-7-8-14-15(9-12)25-19(17(14)18(20)23)21-16(22)11-24-10-13-5-3-2-4-6-13/h2-6,12H,7-11H2,1H3,(H2,20,23)(H,21,22). The van der Waals surface area contributed by atoms with E-state index in [9.17, 15) is 9.59 Å². The highest BCUT2D eigenvalue weighted by Crippen LogP contribution is 2.39. The molecule has 132 valence electrons. The van der Waals surface area contributed by atoms with Crippen molar-refractivity contribution in [2.45, 2.75) is 31.9 Å². The van der Waals surface area contributed by atoms with Gasteiger partial charge in [-0.1, -0.05) is 37.3 Å². The number of hydrogen-bond acceptors (Lipinski definition) is 4. The topological polar surface area (TPSA) is 72.2 Å². The number of thiophene rings is 1. The molecule has 0 saturated carbocycles. The van der Waals surface area contributed by atoms with E-state index in [0.29, 0.717) is 22.2 Å². The van der Waals surface area contributed by atoms with Gasteiger partial charge < -0.3 is 11.1 Å². The van der Waals surface area contributed by atoms with Gasteiger partial charge in [0, 0.05) is 10.6 Å². The number of carbonyl (C=O) groups is 2. The van der Waals surface area contributed by atoms with Crippen molar-refractivity contribution >= 4 is 39.9 Å². The van der Waals surface area contributed by atoms with E-state index in [1.165, 1.54) is 21.8 Å². The molecule has 0 spiro atoms. The molecule has 0 fully saturated rings. The first kappa shape index (κ1) is 18.0. The summed E-state index contributed by atoms with van der Waals surface area (Å²) in [5, 5.41) is 3.53. The fraction of sp³-hybridized carbons (Fsp3) is 0.368. The fourth-order valence-corrected chi connectivity index (χ4v) is 5.32. The summed E-state index contributed by atoms with van der Waals surface area (Å²) in [5.74, 6) is 1.22. The summed E-state index contributed by atoms with van der Waals surface area (Å²) in [6.45, 7) is 2.21. The average molecular weight is 375 g/mol. The Morgan fingerprint density at radius 3 is 2.80 bits per heavy atom. The molecule has 1 unspecified atom stereocenters. The van der Waals surface area contributed by atoms with E-state index >= 15 is 0 Å². The van der Waals surface area contributed by atoms with Crippen LogP contribution in [0.15, 0.2) is 30.3 Å². The van der Waals surface area contributed by atoms with Gasteiger partial charge in [0.05, 0.1) is 11.3 Å². The SMILES string of the molecule is CC1CCc2c(sc(NC(=O)CSCc3ccccc3)c2C(N)=O)C1. The first-order valence-corrected chi connectivity index (χ1v) is 10.4. The van der Waals surface area contributed by atoms with Gasteiger partial charge in [-0.3, -0.25) is 9.59 Å². The zero-order valence-corrected chi connectivity index (χ0v) is 15.8. The third kappa shape index (κ3) is 4.44. The molecule has 1 heterocycles. The summed E-state index contributed by atoms with van der Waals surface area (Å²) >= 11 is 3.07. The molecule has 0 saturated heterocycles. The highest BCUT2D eigenvalue weighted by Gasteiger charge is 2.27. The third-order valence-electron chi connectivity index (χ3n) is 4.36. The molecule has 25 heavy (non-hydrogen) atoms. The van der Waals surface area contributed by atoms with Crippen molar-refractivity contribution in [3.63, 3.8) is 0 Å². The van der Waals surface area contributed by atoms with Gasteiger partial charge in [-0.2, -0.15) is 0 Å². The zero-order valence-electron chi connectivity index (χ0n) is 14.2. The van der Waals surface area contributed by atoms with Gasteiger partial charge in [0.25, 0.3) is 5.91 Å². The molecule has 0 radical (unpaired) electrons. The van der Waals surface area contributed by atoms with E-state index in [2.05, 4.69) is 12.2 Å². The average Bonchev–Trinajstić information content (AvgIpc) is 2.92. The molecule has 2 aromatic rings. The normalized spacial score (nSPS) is 16.3. The highest BCUT2D eigenvalue weighted by atomic mass is 32.2. The minimum Gasteiger partial charge on any atom is -0.365 e. The van der Waals surface area contributed by atoms with Gasteiger partial charge in [-0.15, -0.1) is 23.1 Å². The number of carbonyl (C=O) groups excluding carboxylic acids is 2. The number of benzene rings is 1. The lowest BCUT2D eigenvalue weighted by Gasteiger charge is -2.18. The van der Waals surface area contributed by atoms with Crippen LogP contribution in [-0.2, 0) is 23.4 Å². The Morgan fingerprint density at radius 2 is 2.08 bits per heavy atom.